The lowest BCUT2D eigenvalue weighted by Gasteiger charge is -2.35. The zero-order valence-corrected chi connectivity index (χ0v) is 19.5. The number of halogens is 1. The van der Waals surface area contributed by atoms with E-state index in [4.69, 9.17) is 26.1 Å². The van der Waals surface area contributed by atoms with Gasteiger partial charge in [0.25, 0.3) is 5.91 Å². The Morgan fingerprint density at radius 3 is 2.70 bits per heavy atom. The molecule has 3 unspecified atom stereocenters. The summed E-state index contributed by atoms with van der Waals surface area (Å²) >= 11 is 7.53. The smallest absolute Gasteiger partial charge is 0.296 e. The number of benzene rings is 2. The first-order valence-corrected chi connectivity index (χ1v) is 12.2. The Bertz CT molecular complexity index is 1320. The van der Waals surface area contributed by atoms with Crippen molar-refractivity contribution in [3.63, 3.8) is 0 Å². The van der Waals surface area contributed by atoms with Gasteiger partial charge in [0.15, 0.2) is 16.7 Å². The van der Waals surface area contributed by atoms with Crippen molar-refractivity contribution in [1.82, 2.24) is 4.98 Å². The van der Waals surface area contributed by atoms with Gasteiger partial charge in [-0.3, -0.25) is 14.5 Å². The second-order valence-electron chi connectivity index (χ2n) is 8.61. The van der Waals surface area contributed by atoms with Crippen molar-refractivity contribution >= 4 is 50.0 Å². The number of nitrogens with zero attached hydrogens (tertiary/aromatic N) is 2. The van der Waals surface area contributed by atoms with Gasteiger partial charge >= 0.3 is 0 Å². The molecule has 8 heteroatoms. The van der Waals surface area contributed by atoms with E-state index in [2.05, 4.69) is 0 Å². The number of aromatic nitrogens is 1. The lowest BCUT2D eigenvalue weighted by atomic mass is 9.77. The van der Waals surface area contributed by atoms with Crippen molar-refractivity contribution in [2.75, 3.05) is 12.0 Å². The van der Waals surface area contributed by atoms with Crippen LogP contribution in [0.4, 0.5) is 5.13 Å². The molecule has 0 radical (unpaired) electrons. The van der Waals surface area contributed by atoms with E-state index in [1.54, 1.807) is 24.1 Å². The number of fused-ring (bicyclic) bond motifs is 2. The molecule has 2 aliphatic heterocycles. The van der Waals surface area contributed by atoms with Gasteiger partial charge in [-0.1, -0.05) is 41.5 Å². The largest absolute Gasteiger partial charge is 0.497 e. The lowest BCUT2D eigenvalue weighted by molar-refractivity contribution is -0.131. The van der Waals surface area contributed by atoms with Crippen LogP contribution in [-0.4, -0.2) is 29.9 Å². The maximum absolute atomic E-state index is 13.7. The quantitative estimate of drug-likeness (QED) is 0.498. The Morgan fingerprint density at radius 2 is 1.91 bits per heavy atom. The topological polar surface area (TPSA) is 68.7 Å². The third-order valence-electron chi connectivity index (χ3n) is 6.74. The third kappa shape index (κ3) is 3.25. The highest BCUT2D eigenvalue weighted by atomic mass is 35.5. The first-order valence-electron chi connectivity index (χ1n) is 11.0. The van der Waals surface area contributed by atoms with E-state index in [1.165, 1.54) is 11.3 Å². The van der Waals surface area contributed by atoms with Crippen molar-refractivity contribution in [3.8, 4) is 5.75 Å². The van der Waals surface area contributed by atoms with Gasteiger partial charge in [-0.25, -0.2) is 4.98 Å². The molecule has 0 bridgehead atoms. The molecule has 6 rings (SSSR count). The molecule has 168 valence electrons. The second-order valence-corrected chi connectivity index (χ2v) is 10.1. The molecule has 6 nitrogen and oxygen atoms in total. The molecule has 0 saturated heterocycles. The van der Waals surface area contributed by atoms with Crippen molar-refractivity contribution in [2.24, 2.45) is 5.92 Å². The summed E-state index contributed by atoms with van der Waals surface area (Å²) in [7, 11) is 1.62. The number of carbonyl (C=O) groups excluding carboxylic acids is 2. The third-order valence-corrected chi connectivity index (χ3v) is 8.01. The molecule has 0 N–H and O–H groups in total. The average molecular weight is 481 g/mol. The predicted octanol–water partition coefficient (Wildman–Crippen LogP) is 5.46. The van der Waals surface area contributed by atoms with Crippen LogP contribution in [0.25, 0.3) is 10.2 Å². The Kier molecular flexibility index (Phi) is 4.92. The Labute approximate surface area is 199 Å². The van der Waals surface area contributed by atoms with E-state index in [0.29, 0.717) is 15.7 Å². The van der Waals surface area contributed by atoms with Gasteiger partial charge in [0.05, 0.1) is 34.9 Å². The predicted molar refractivity (Wildman–Crippen MR) is 127 cm³/mol. The van der Waals surface area contributed by atoms with Crippen LogP contribution in [0, 0.1) is 5.92 Å². The molecular weight excluding hydrogens is 460 g/mol. The maximum Gasteiger partial charge on any atom is 0.296 e. The molecule has 3 aromatic rings. The normalized spacial score (nSPS) is 24.7. The number of hydrogen-bond donors (Lipinski definition) is 0. The summed E-state index contributed by atoms with van der Waals surface area (Å²) in [5.41, 5.74) is 2.02. The van der Waals surface area contributed by atoms with Crippen LogP contribution >= 0.6 is 22.9 Å². The van der Waals surface area contributed by atoms with Crippen LogP contribution in [0.3, 0.4) is 0 Å². The molecule has 3 atom stereocenters. The highest BCUT2D eigenvalue weighted by Gasteiger charge is 2.53. The van der Waals surface area contributed by atoms with E-state index in [0.717, 1.165) is 47.2 Å². The van der Waals surface area contributed by atoms with Crippen LogP contribution < -0.4 is 9.64 Å². The SMILES string of the molecule is COc1ccc2nc(N3C(=O)C4=C(C(=O)C5CCCCC5O4)C3c3ccc(Cl)cc3)sc2c1. The molecule has 1 fully saturated rings. The fraction of sp³-hybridized carbons (Fsp3) is 0.320. The van der Waals surface area contributed by atoms with Crippen molar-refractivity contribution in [1.29, 1.82) is 0 Å². The second kappa shape index (κ2) is 7.85. The molecule has 1 saturated carbocycles. The van der Waals surface area contributed by atoms with Crippen LogP contribution in [-0.2, 0) is 14.3 Å². The van der Waals surface area contributed by atoms with Gasteiger partial charge in [-0.2, -0.15) is 0 Å². The number of amides is 1. The summed E-state index contributed by atoms with van der Waals surface area (Å²) in [5, 5.41) is 1.12. The minimum atomic E-state index is -0.595. The summed E-state index contributed by atoms with van der Waals surface area (Å²) < 4.78 is 12.5. The summed E-state index contributed by atoms with van der Waals surface area (Å²) in [6, 6.07) is 12.3. The van der Waals surface area contributed by atoms with Gasteiger partial charge in [0, 0.05) is 5.02 Å². The highest BCUT2D eigenvalue weighted by Crippen LogP contribution is 2.49. The number of Topliss-reactive ketones (excluding diaryl/α,β-unsaturated/α-hetero) is 1. The fourth-order valence-corrected chi connectivity index (χ4v) is 6.27. The number of ketones is 1. The van der Waals surface area contributed by atoms with Gasteiger partial charge in [0.2, 0.25) is 0 Å². The number of anilines is 1. The molecule has 3 heterocycles. The highest BCUT2D eigenvalue weighted by molar-refractivity contribution is 7.22. The number of ether oxygens (including phenoxy) is 2. The van der Waals surface area contributed by atoms with E-state index in [9.17, 15) is 9.59 Å². The first-order chi connectivity index (χ1) is 16.0. The van der Waals surface area contributed by atoms with Gasteiger partial charge in [-0.15, -0.1) is 0 Å². The van der Waals surface area contributed by atoms with E-state index in [-0.39, 0.29) is 29.5 Å². The van der Waals surface area contributed by atoms with Crippen molar-refractivity contribution in [3.05, 3.63) is 64.4 Å². The van der Waals surface area contributed by atoms with Crippen LogP contribution in [0.2, 0.25) is 5.02 Å². The zero-order valence-electron chi connectivity index (χ0n) is 17.9. The molecule has 3 aliphatic rings. The van der Waals surface area contributed by atoms with E-state index < -0.39 is 6.04 Å². The van der Waals surface area contributed by atoms with Gasteiger partial charge < -0.3 is 9.47 Å². The Balaban J connectivity index is 1.50. The van der Waals surface area contributed by atoms with Gasteiger partial charge in [-0.05, 0) is 55.2 Å². The summed E-state index contributed by atoms with van der Waals surface area (Å²) in [6.07, 6.45) is 3.38. The monoisotopic (exact) mass is 480 g/mol. The molecule has 1 aliphatic carbocycles. The lowest BCUT2D eigenvalue weighted by Crippen LogP contribution is -2.39. The Morgan fingerprint density at radius 1 is 1.12 bits per heavy atom. The molecular formula is C25H21ClN2O4S. The molecule has 1 amide bonds. The minimum absolute atomic E-state index is 0.0273. The van der Waals surface area contributed by atoms with E-state index >= 15 is 0 Å². The van der Waals surface area contributed by atoms with E-state index in [1.807, 2.05) is 30.3 Å². The first kappa shape index (κ1) is 20.7. The summed E-state index contributed by atoms with van der Waals surface area (Å²) in [4.78, 5) is 33.8. The molecule has 2 aromatic carbocycles. The van der Waals surface area contributed by atoms with Crippen LogP contribution in [0.5, 0.6) is 5.75 Å². The maximum atomic E-state index is 13.7. The van der Waals surface area contributed by atoms with Crippen LogP contribution in [0.1, 0.15) is 37.3 Å². The Hall–Kier alpha value is -2.90. The average Bonchev–Trinajstić information content (AvgIpc) is 3.38. The molecule has 33 heavy (non-hydrogen) atoms. The minimum Gasteiger partial charge on any atom is -0.497 e. The summed E-state index contributed by atoms with van der Waals surface area (Å²) in [5.74, 6) is 0.423. The molecule has 0 spiro atoms. The van der Waals surface area contributed by atoms with Gasteiger partial charge in [0.1, 0.15) is 11.9 Å². The van der Waals surface area contributed by atoms with Crippen LogP contribution in [0.15, 0.2) is 53.8 Å². The number of hydrogen-bond acceptors (Lipinski definition) is 6. The fourth-order valence-electron chi connectivity index (χ4n) is 5.13. The number of rotatable bonds is 3. The number of carbonyl (C=O) groups is 2. The number of thiazole rings is 1. The van der Waals surface area contributed by atoms with Crippen molar-refractivity contribution in [2.45, 2.75) is 37.8 Å². The molecule has 1 aromatic heterocycles. The zero-order chi connectivity index (χ0) is 22.7. The standard InChI is InChI=1S/C25H21ClN2O4S/c1-31-15-10-11-17-19(12-15)33-25(27-17)28-21(13-6-8-14(26)9-7-13)20-22(29)16-4-2-3-5-18(16)32-23(20)24(28)30/h6-12,16,18,21H,2-5H2,1H3. The summed E-state index contributed by atoms with van der Waals surface area (Å²) in [6.45, 7) is 0. The van der Waals surface area contributed by atoms with Crippen molar-refractivity contribution < 1.29 is 19.1 Å². The number of methoxy groups -OCH3 is 1.